The van der Waals surface area contributed by atoms with Crippen LogP contribution in [0.15, 0.2) is 22.7 Å². The van der Waals surface area contributed by atoms with Crippen LogP contribution in [0.4, 0.5) is 11.4 Å². The fourth-order valence-electron chi connectivity index (χ4n) is 1.62. The highest BCUT2D eigenvalue weighted by atomic mass is 79.9. The van der Waals surface area contributed by atoms with Crippen molar-refractivity contribution in [2.45, 2.75) is 26.8 Å². The van der Waals surface area contributed by atoms with E-state index in [1.807, 2.05) is 6.92 Å². The van der Waals surface area contributed by atoms with Gasteiger partial charge in [-0.1, -0.05) is 29.8 Å². The Hall–Kier alpha value is -1.14. The maximum Gasteiger partial charge on any atom is 0.293 e. The average Bonchev–Trinajstić information content (AvgIpc) is 2.35. The van der Waals surface area contributed by atoms with Gasteiger partial charge < -0.3 is 10.1 Å². The van der Waals surface area contributed by atoms with Crippen LogP contribution >= 0.6 is 15.9 Å². The van der Waals surface area contributed by atoms with Crippen molar-refractivity contribution in [3.8, 4) is 0 Å². The molecule has 0 aliphatic rings. The number of hydrogen-bond acceptors (Lipinski definition) is 4. The van der Waals surface area contributed by atoms with Gasteiger partial charge in [0.25, 0.3) is 5.69 Å². The fourth-order valence-corrected chi connectivity index (χ4v) is 1.97. The summed E-state index contributed by atoms with van der Waals surface area (Å²) in [6.45, 7) is 7.21. The molecule has 0 radical (unpaired) electrons. The van der Waals surface area contributed by atoms with Gasteiger partial charge in [0.05, 0.1) is 17.6 Å². The second-order valence-electron chi connectivity index (χ2n) is 4.57. The molecule has 0 aliphatic heterocycles. The number of nitro groups is 1. The zero-order chi connectivity index (χ0) is 14.4. The lowest BCUT2D eigenvalue weighted by atomic mass is 10.0. The van der Waals surface area contributed by atoms with Crippen molar-refractivity contribution in [3.05, 3.63) is 32.8 Å². The van der Waals surface area contributed by atoms with Crippen molar-refractivity contribution < 1.29 is 9.66 Å². The summed E-state index contributed by atoms with van der Waals surface area (Å²) in [5.74, 6) is 0.315. The topological polar surface area (TPSA) is 64.4 Å². The third-order valence-corrected chi connectivity index (χ3v) is 3.30. The molecule has 1 atom stereocenters. The Kier molecular flexibility index (Phi) is 6.24. The van der Waals surface area contributed by atoms with Crippen LogP contribution in [-0.4, -0.2) is 24.2 Å². The summed E-state index contributed by atoms with van der Waals surface area (Å²) >= 11 is 3.24. The fraction of sp³-hybridized carbons (Fsp3) is 0.538. The molecular weight excluding hydrogens is 312 g/mol. The molecule has 1 aromatic rings. The molecule has 0 saturated heterocycles. The van der Waals surface area contributed by atoms with E-state index in [9.17, 15) is 10.1 Å². The van der Waals surface area contributed by atoms with Crippen LogP contribution in [-0.2, 0) is 4.74 Å². The molecule has 0 aromatic heterocycles. The van der Waals surface area contributed by atoms with Gasteiger partial charge in [-0.15, -0.1) is 0 Å². The summed E-state index contributed by atoms with van der Waals surface area (Å²) in [4.78, 5) is 10.7. The first-order valence-corrected chi connectivity index (χ1v) is 7.03. The predicted molar refractivity (Wildman–Crippen MR) is 79.5 cm³/mol. The van der Waals surface area contributed by atoms with Crippen LogP contribution in [0.1, 0.15) is 20.8 Å². The first-order chi connectivity index (χ1) is 8.95. The number of rotatable bonds is 7. The molecule has 5 nitrogen and oxygen atoms in total. The number of anilines is 1. The molecule has 1 rings (SSSR count). The summed E-state index contributed by atoms with van der Waals surface area (Å²) in [5, 5.41) is 14.3. The van der Waals surface area contributed by atoms with Gasteiger partial charge in [-0.3, -0.25) is 10.1 Å². The highest BCUT2D eigenvalue weighted by Crippen LogP contribution is 2.29. The molecule has 0 aliphatic carbocycles. The molecule has 0 saturated carbocycles. The smallest absolute Gasteiger partial charge is 0.293 e. The molecule has 19 heavy (non-hydrogen) atoms. The van der Waals surface area contributed by atoms with Crippen LogP contribution < -0.4 is 5.32 Å². The zero-order valence-corrected chi connectivity index (χ0v) is 12.9. The SMILES string of the molecule is CCOCC(Nc1ccc(Br)cc1[N+](=O)[O-])C(C)C. The summed E-state index contributed by atoms with van der Waals surface area (Å²) in [6, 6.07) is 5.04. The first-order valence-electron chi connectivity index (χ1n) is 6.24. The van der Waals surface area contributed by atoms with Crippen LogP contribution in [0.25, 0.3) is 0 Å². The van der Waals surface area contributed by atoms with Gasteiger partial charge in [0, 0.05) is 17.1 Å². The number of nitrogens with one attached hydrogen (secondary N) is 1. The van der Waals surface area contributed by atoms with E-state index >= 15 is 0 Å². The van der Waals surface area contributed by atoms with E-state index < -0.39 is 0 Å². The molecule has 1 N–H and O–H groups in total. The first kappa shape index (κ1) is 15.9. The molecule has 1 unspecified atom stereocenters. The molecule has 106 valence electrons. The Morgan fingerprint density at radius 2 is 2.16 bits per heavy atom. The molecule has 0 fully saturated rings. The van der Waals surface area contributed by atoms with Crippen LogP contribution in [0, 0.1) is 16.0 Å². The Bertz CT molecular complexity index is 438. The number of nitro benzene ring substituents is 1. The summed E-state index contributed by atoms with van der Waals surface area (Å²) in [6.07, 6.45) is 0. The van der Waals surface area contributed by atoms with Gasteiger partial charge in [0.15, 0.2) is 0 Å². The molecule has 0 amide bonds. The van der Waals surface area contributed by atoms with Gasteiger partial charge in [0.1, 0.15) is 5.69 Å². The molecule has 6 heteroatoms. The third kappa shape index (κ3) is 4.80. The highest BCUT2D eigenvalue weighted by Gasteiger charge is 2.19. The predicted octanol–water partition coefficient (Wildman–Crippen LogP) is 3.83. The van der Waals surface area contributed by atoms with Crippen molar-refractivity contribution >= 4 is 27.3 Å². The van der Waals surface area contributed by atoms with E-state index in [1.165, 1.54) is 6.07 Å². The van der Waals surface area contributed by atoms with Crippen LogP contribution in [0.5, 0.6) is 0 Å². The second kappa shape index (κ2) is 7.45. The van der Waals surface area contributed by atoms with E-state index in [2.05, 4.69) is 35.1 Å². The molecule has 0 heterocycles. The number of halogens is 1. The van der Waals surface area contributed by atoms with E-state index in [4.69, 9.17) is 4.74 Å². The standard InChI is InChI=1S/C13H19BrN2O3/c1-4-19-8-12(9(2)3)15-11-6-5-10(14)7-13(11)16(17)18/h5-7,9,12,15H,4,8H2,1-3H3. The van der Waals surface area contributed by atoms with Crippen molar-refractivity contribution in [1.82, 2.24) is 0 Å². The van der Waals surface area contributed by atoms with Crippen molar-refractivity contribution in [2.24, 2.45) is 5.92 Å². The maximum atomic E-state index is 11.1. The van der Waals surface area contributed by atoms with E-state index in [1.54, 1.807) is 12.1 Å². The monoisotopic (exact) mass is 330 g/mol. The Balaban J connectivity index is 2.92. The molecule has 1 aromatic carbocycles. The minimum atomic E-state index is -0.384. The van der Waals surface area contributed by atoms with Crippen LogP contribution in [0.3, 0.4) is 0 Å². The van der Waals surface area contributed by atoms with Crippen molar-refractivity contribution in [1.29, 1.82) is 0 Å². The van der Waals surface area contributed by atoms with E-state index in [0.29, 0.717) is 29.3 Å². The lowest BCUT2D eigenvalue weighted by molar-refractivity contribution is -0.384. The van der Waals surface area contributed by atoms with Gasteiger partial charge in [0.2, 0.25) is 0 Å². The summed E-state index contributed by atoms with van der Waals surface area (Å²) in [7, 11) is 0. The Labute approximate surface area is 121 Å². The summed E-state index contributed by atoms with van der Waals surface area (Å²) < 4.78 is 6.10. The van der Waals surface area contributed by atoms with Crippen LogP contribution in [0.2, 0.25) is 0 Å². The molecular formula is C13H19BrN2O3. The van der Waals surface area contributed by atoms with E-state index in [-0.39, 0.29) is 16.7 Å². The molecule has 0 spiro atoms. The van der Waals surface area contributed by atoms with Gasteiger partial charge in [-0.2, -0.15) is 0 Å². The Morgan fingerprint density at radius 1 is 1.47 bits per heavy atom. The van der Waals surface area contributed by atoms with E-state index in [0.717, 1.165) is 0 Å². The minimum Gasteiger partial charge on any atom is -0.380 e. The van der Waals surface area contributed by atoms with Gasteiger partial charge >= 0.3 is 0 Å². The van der Waals surface area contributed by atoms with Gasteiger partial charge in [-0.05, 0) is 25.0 Å². The summed E-state index contributed by atoms with van der Waals surface area (Å²) in [5.41, 5.74) is 0.586. The van der Waals surface area contributed by atoms with Gasteiger partial charge in [-0.25, -0.2) is 0 Å². The lowest BCUT2D eigenvalue weighted by Crippen LogP contribution is -2.31. The lowest BCUT2D eigenvalue weighted by Gasteiger charge is -2.23. The molecule has 0 bridgehead atoms. The zero-order valence-electron chi connectivity index (χ0n) is 11.4. The number of hydrogen-bond donors (Lipinski definition) is 1. The minimum absolute atomic E-state index is 0.0415. The third-order valence-electron chi connectivity index (χ3n) is 2.80. The highest BCUT2D eigenvalue weighted by molar-refractivity contribution is 9.10. The van der Waals surface area contributed by atoms with Crippen molar-refractivity contribution in [2.75, 3.05) is 18.5 Å². The normalized spacial score (nSPS) is 12.5. The quantitative estimate of drug-likeness (QED) is 0.609. The second-order valence-corrected chi connectivity index (χ2v) is 5.49. The maximum absolute atomic E-state index is 11.1. The number of nitrogens with zero attached hydrogens (tertiary/aromatic N) is 1. The largest absolute Gasteiger partial charge is 0.380 e. The van der Waals surface area contributed by atoms with Crippen molar-refractivity contribution in [3.63, 3.8) is 0 Å². The Morgan fingerprint density at radius 3 is 2.68 bits per heavy atom. The number of ether oxygens (including phenoxy) is 1. The average molecular weight is 331 g/mol. The number of benzene rings is 1.